The van der Waals surface area contributed by atoms with Crippen molar-refractivity contribution >= 4 is 24.7 Å². The first-order valence-electron chi connectivity index (χ1n) is 12.1. The molecule has 0 bridgehead atoms. The third kappa shape index (κ3) is 13.5. The van der Waals surface area contributed by atoms with E-state index < -0.39 is 0 Å². The molecular formula is C30H40O2. The fourth-order valence-corrected chi connectivity index (χ4v) is 3.37. The van der Waals surface area contributed by atoms with Gasteiger partial charge in [0, 0.05) is 0 Å². The van der Waals surface area contributed by atoms with Gasteiger partial charge in [0.25, 0.3) is 0 Å². The lowest BCUT2D eigenvalue weighted by Crippen LogP contribution is -1.86. The van der Waals surface area contributed by atoms with Crippen LogP contribution in [0.25, 0.3) is 12.2 Å². The Bertz CT molecular complexity index is 719. The molecule has 2 nitrogen and oxygen atoms in total. The highest BCUT2D eigenvalue weighted by atomic mass is 16.1. The second kappa shape index (κ2) is 19.0. The minimum Gasteiger partial charge on any atom is -0.298 e. The van der Waals surface area contributed by atoms with E-state index in [-0.39, 0.29) is 0 Å². The van der Waals surface area contributed by atoms with Crippen LogP contribution in [0.1, 0.15) is 89.2 Å². The van der Waals surface area contributed by atoms with E-state index in [2.05, 4.69) is 13.8 Å². The second-order valence-corrected chi connectivity index (χ2v) is 8.12. The van der Waals surface area contributed by atoms with Crippen LogP contribution in [0.15, 0.2) is 71.8 Å². The Morgan fingerprint density at radius 2 is 0.938 bits per heavy atom. The number of aldehydes is 2. The average Bonchev–Trinajstić information content (AvgIpc) is 2.84. The monoisotopic (exact) mass is 432 g/mol. The molecule has 0 aliphatic rings. The van der Waals surface area contributed by atoms with Gasteiger partial charge in [-0.05, 0) is 60.1 Å². The first-order valence-corrected chi connectivity index (χ1v) is 12.1. The molecule has 2 heteroatoms. The Morgan fingerprint density at radius 3 is 1.25 bits per heavy atom. The topological polar surface area (TPSA) is 34.1 Å². The Kier molecular flexibility index (Phi) is 16.2. The van der Waals surface area contributed by atoms with Gasteiger partial charge in [0.1, 0.15) is 12.6 Å². The van der Waals surface area contributed by atoms with Crippen molar-refractivity contribution in [2.45, 2.75) is 78.1 Å². The summed E-state index contributed by atoms with van der Waals surface area (Å²) in [6.45, 7) is 4.39. The van der Waals surface area contributed by atoms with Crippen molar-refractivity contribution in [3.63, 3.8) is 0 Å². The van der Waals surface area contributed by atoms with Gasteiger partial charge in [-0.1, -0.05) is 113 Å². The summed E-state index contributed by atoms with van der Waals surface area (Å²) >= 11 is 0. The van der Waals surface area contributed by atoms with Gasteiger partial charge >= 0.3 is 0 Å². The van der Waals surface area contributed by atoms with E-state index in [9.17, 15) is 9.59 Å². The zero-order valence-electron chi connectivity index (χ0n) is 20.0. The van der Waals surface area contributed by atoms with Crippen molar-refractivity contribution in [1.82, 2.24) is 0 Å². The normalized spacial score (nSPS) is 11.4. The largest absolute Gasteiger partial charge is 0.298 e. The molecule has 0 N–H and O–H groups in total. The second-order valence-electron chi connectivity index (χ2n) is 8.12. The molecule has 0 saturated heterocycles. The minimum atomic E-state index is 0.901. The molecule has 0 aliphatic heterocycles. The van der Waals surface area contributed by atoms with Crippen LogP contribution in [-0.4, -0.2) is 12.6 Å². The summed E-state index contributed by atoms with van der Waals surface area (Å²) in [4.78, 5) is 21.8. The Balaban J connectivity index is 0.000000320. The molecule has 0 amide bonds. The quantitative estimate of drug-likeness (QED) is 0.170. The Hall–Kier alpha value is -2.74. The molecule has 0 spiro atoms. The SMILES string of the molecule is CCCCCC/C(C=O)=C\c1ccccc1.CCCCCCC(C=O)=Cc1ccccc1. The Morgan fingerprint density at radius 1 is 0.562 bits per heavy atom. The van der Waals surface area contributed by atoms with E-state index in [4.69, 9.17) is 0 Å². The molecule has 0 aromatic heterocycles. The number of allylic oxidation sites excluding steroid dienone is 2. The fraction of sp³-hybridized carbons (Fsp3) is 0.400. The van der Waals surface area contributed by atoms with Gasteiger partial charge in [-0.3, -0.25) is 9.59 Å². The maximum absolute atomic E-state index is 10.9. The minimum absolute atomic E-state index is 0.901. The van der Waals surface area contributed by atoms with Crippen LogP contribution in [0.2, 0.25) is 0 Å². The molecule has 32 heavy (non-hydrogen) atoms. The summed E-state index contributed by atoms with van der Waals surface area (Å²) < 4.78 is 0. The van der Waals surface area contributed by atoms with E-state index >= 15 is 0 Å². The zero-order valence-corrected chi connectivity index (χ0v) is 20.0. The van der Waals surface area contributed by atoms with E-state index in [1.807, 2.05) is 72.8 Å². The molecule has 0 atom stereocenters. The number of hydrogen-bond acceptors (Lipinski definition) is 2. The zero-order chi connectivity index (χ0) is 23.3. The number of benzene rings is 2. The molecule has 0 radical (unpaired) electrons. The van der Waals surface area contributed by atoms with Crippen molar-refractivity contribution in [2.75, 3.05) is 0 Å². The Labute approximate surface area is 195 Å². The predicted octanol–water partition coefficient (Wildman–Crippen LogP) is 8.48. The van der Waals surface area contributed by atoms with Gasteiger partial charge in [0.15, 0.2) is 0 Å². The standard InChI is InChI=1S/2C15H20O/c2*1-2-3-4-6-11-15(13-16)12-14-9-7-5-8-10-14/h2*5,7-10,12-13H,2-4,6,11H2,1H3/b15-12+;. The summed E-state index contributed by atoms with van der Waals surface area (Å²) in [5, 5.41) is 0. The molecular weight excluding hydrogens is 392 g/mol. The first kappa shape index (κ1) is 27.3. The highest BCUT2D eigenvalue weighted by molar-refractivity contribution is 5.82. The molecule has 0 unspecified atom stereocenters. The molecule has 0 heterocycles. The lowest BCUT2D eigenvalue weighted by molar-refractivity contribution is -0.105. The van der Waals surface area contributed by atoms with Gasteiger partial charge in [-0.25, -0.2) is 0 Å². The van der Waals surface area contributed by atoms with Crippen molar-refractivity contribution in [3.05, 3.63) is 82.9 Å². The summed E-state index contributed by atoms with van der Waals surface area (Å²) in [5.41, 5.74) is 4.03. The van der Waals surface area contributed by atoms with Crippen molar-refractivity contribution < 1.29 is 9.59 Å². The maximum Gasteiger partial charge on any atom is 0.146 e. The number of carbonyl (C=O) groups is 2. The number of hydrogen-bond donors (Lipinski definition) is 0. The van der Waals surface area contributed by atoms with Crippen LogP contribution in [-0.2, 0) is 9.59 Å². The van der Waals surface area contributed by atoms with Crippen molar-refractivity contribution in [3.8, 4) is 0 Å². The van der Waals surface area contributed by atoms with Crippen LogP contribution in [0.5, 0.6) is 0 Å². The molecule has 0 fully saturated rings. The molecule has 2 rings (SSSR count). The van der Waals surface area contributed by atoms with Gasteiger partial charge < -0.3 is 0 Å². The highest BCUT2D eigenvalue weighted by Crippen LogP contribution is 2.13. The summed E-state index contributed by atoms with van der Waals surface area (Å²) in [6, 6.07) is 20.0. The van der Waals surface area contributed by atoms with Crippen LogP contribution < -0.4 is 0 Å². The lowest BCUT2D eigenvalue weighted by Gasteiger charge is -2.00. The van der Waals surface area contributed by atoms with Crippen LogP contribution in [0, 0.1) is 0 Å². The fourth-order valence-electron chi connectivity index (χ4n) is 3.37. The van der Waals surface area contributed by atoms with Gasteiger partial charge in [0.05, 0.1) is 0 Å². The van der Waals surface area contributed by atoms with Gasteiger partial charge in [-0.15, -0.1) is 0 Å². The van der Waals surface area contributed by atoms with E-state index in [0.29, 0.717) is 0 Å². The van der Waals surface area contributed by atoms with E-state index in [1.54, 1.807) is 0 Å². The van der Waals surface area contributed by atoms with Crippen molar-refractivity contribution in [1.29, 1.82) is 0 Å². The molecule has 172 valence electrons. The van der Waals surface area contributed by atoms with Gasteiger partial charge in [-0.2, -0.15) is 0 Å². The highest BCUT2D eigenvalue weighted by Gasteiger charge is 1.97. The van der Waals surface area contributed by atoms with Crippen molar-refractivity contribution in [2.24, 2.45) is 0 Å². The molecule has 2 aromatic carbocycles. The molecule has 0 saturated carbocycles. The lowest BCUT2D eigenvalue weighted by atomic mass is 10.0. The van der Waals surface area contributed by atoms with E-state index in [1.165, 1.54) is 38.5 Å². The number of unbranched alkanes of at least 4 members (excludes halogenated alkanes) is 6. The maximum atomic E-state index is 10.9. The molecule has 0 aliphatic carbocycles. The smallest absolute Gasteiger partial charge is 0.146 e. The first-order chi connectivity index (χ1) is 15.7. The molecule has 2 aromatic rings. The predicted molar refractivity (Wildman–Crippen MR) is 138 cm³/mol. The van der Waals surface area contributed by atoms with Crippen LogP contribution in [0.3, 0.4) is 0 Å². The summed E-state index contributed by atoms with van der Waals surface area (Å²) in [6.07, 6.45) is 17.4. The van der Waals surface area contributed by atoms with E-state index in [0.717, 1.165) is 60.5 Å². The van der Waals surface area contributed by atoms with Crippen LogP contribution in [0.4, 0.5) is 0 Å². The number of carbonyl (C=O) groups excluding carboxylic acids is 2. The van der Waals surface area contributed by atoms with Gasteiger partial charge in [0.2, 0.25) is 0 Å². The van der Waals surface area contributed by atoms with Crippen LogP contribution >= 0.6 is 0 Å². The third-order valence-electron chi connectivity index (χ3n) is 5.24. The summed E-state index contributed by atoms with van der Waals surface area (Å²) in [7, 11) is 0. The third-order valence-corrected chi connectivity index (χ3v) is 5.24. The number of rotatable bonds is 14. The average molecular weight is 433 g/mol. The summed E-state index contributed by atoms with van der Waals surface area (Å²) in [5.74, 6) is 0.